The van der Waals surface area contributed by atoms with Gasteiger partial charge in [-0.1, -0.05) is 63.0 Å². The summed E-state index contributed by atoms with van der Waals surface area (Å²) >= 11 is 12.8. The number of esters is 1. The molecule has 0 aliphatic heterocycles. The second-order valence-electron chi connectivity index (χ2n) is 9.84. The lowest BCUT2D eigenvalue weighted by molar-refractivity contribution is -0.414. The lowest BCUT2D eigenvalue weighted by atomic mass is 10.0. The standard InChI is InChI=1S/C27H31Cl2N5O5S/c1-15(2)21(30)24(36)31-22(16(3)4)25(37)39-14-33-26(32-23(35)18-7-11-20(29)12-8-18)40-34(27(33)38)13-17-5-9-19(28)10-6-17/h5-12,15-16,21-22H,13-14,30H2,1-4H3,(H,31,36)/p+1/t21-,22-/m0/s1. The Bertz CT molecular complexity index is 1480. The van der Waals surface area contributed by atoms with E-state index in [-0.39, 0.29) is 34.7 Å². The summed E-state index contributed by atoms with van der Waals surface area (Å²) in [6, 6.07) is 11.6. The van der Waals surface area contributed by atoms with Crippen LogP contribution in [0.2, 0.25) is 10.0 Å². The highest BCUT2D eigenvalue weighted by atomic mass is 35.5. The molecule has 0 fully saturated rings. The second-order valence-corrected chi connectivity index (χ2v) is 11.7. The molecule has 3 rings (SSSR count). The van der Waals surface area contributed by atoms with E-state index < -0.39 is 36.4 Å². The van der Waals surface area contributed by atoms with E-state index in [0.29, 0.717) is 10.0 Å². The van der Waals surface area contributed by atoms with Crippen LogP contribution in [-0.2, 0) is 27.6 Å². The van der Waals surface area contributed by atoms with Crippen LogP contribution in [0.15, 0.2) is 58.3 Å². The fourth-order valence-electron chi connectivity index (χ4n) is 3.47. The first-order valence-corrected chi connectivity index (χ1v) is 14.1. The van der Waals surface area contributed by atoms with E-state index in [1.165, 1.54) is 16.1 Å². The summed E-state index contributed by atoms with van der Waals surface area (Å²) in [6.07, 6.45) is 0. The Morgan fingerprint density at radius 1 is 0.975 bits per heavy atom. The van der Waals surface area contributed by atoms with E-state index in [1.807, 2.05) is 13.8 Å². The summed E-state index contributed by atoms with van der Waals surface area (Å²) < 4.78 is 7.97. The minimum absolute atomic E-state index is 0.0216. The third-order valence-electron chi connectivity index (χ3n) is 6.09. The summed E-state index contributed by atoms with van der Waals surface area (Å²) in [5.74, 6) is -2.01. The van der Waals surface area contributed by atoms with E-state index in [0.717, 1.165) is 21.7 Å². The predicted molar refractivity (Wildman–Crippen MR) is 153 cm³/mol. The molecule has 214 valence electrons. The van der Waals surface area contributed by atoms with Crippen molar-refractivity contribution in [3.05, 3.63) is 85.0 Å². The van der Waals surface area contributed by atoms with Gasteiger partial charge in [-0.25, -0.2) is 18.1 Å². The number of nitrogens with one attached hydrogen (secondary N) is 1. The van der Waals surface area contributed by atoms with Gasteiger partial charge in [0, 0.05) is 21.5 Å². The van der Waals surface area contributed by atoms with Gasteiger partial charge in [0.15, 0.2) is 12.8 Å². The topological polar surface area (TPSA) is 139 Å². The van der Waals surface area contributed by atoms with Gasteiger partial charge in [-0.2, -0.15) is 4.99 Å². The molecule has 0 saturated carbocycles. The smallest absolute Gasteiger partial charge is 0.342 e. The summed E-state index contributed by atoms with van der Waals surface area (Å²) in [5, 5.41) is 3.71. The Kier molecular flexibility index (Phi) is 10.9. The first-order chi connectivity index (χ1) is 18.9. The molecule has 2 aromatic carbocycles. The molecule has 0 radical (unpaired) electrons. The molecule has 0 saturated heterocycles. The lowest BCUT2D eigenvalue weighted by Gasteiger charge is -2.22. The number of carbonyl (C=O) groups excluding carboxylic acids is 3. The van der Waals surface area contributed by atoms with Gasteiger partial charge in [0.2, 0.25) is 4.80 Å². The van der Waals surface area contributed by atoms with Crippen molar-refractivity contribution in [1.29, 1.82) is 0 Å². The number of rotatable bonds is 10. The first kappa shape index (κ1) is 31.3. The molecule has 0 aliphatic rings. The lowest BCUT2D eigenvalue weighted by Crippen LogP contribution is -2.71. The molecular weight excluding hydrogens is 577 g/mol. The average Bonchev–Trinajstić information content (AvgIpc) is 3.19. The minimum Gasteiger partial charge on any atom is -0.442 e. The summed E-state index contributed by atoms with van der Waals surface area (Å²) in [6.45, 7) is 6.93. The van der Waals surface area contributed by atoms with Crippen LogP contribution in [0.25, 0.3) is 0 Å². The largest absolute Gasteiger partial charge is 0.442 e. The zero-order valence-electron chi connectivity index (χ0n) is 22.6. The Morgan fingerprint density at radius 3 is 2.10 bits per heavy atom. The van der Waals surface area contributed by atoms with Crippen molar-refractivity contribution in [1.82, 2.24) is 13.8 Å². The highest BCUT2D eigenvalue weighted by molar-refractivity contribution is 7.03. The van der Waals surface area contributed by atoms with Crippen molar-refractivity contribution in [2.24, 2.45) is 16.8 Å². The van der Waals surface area contributed by atoms with Crippen molar-refractivity contribution in [2.75, 3.05) is 0 Å². The molecule has 40 heavy (non-hydrogen) atoms. The van der Waals surface area contributed by atoms with Gasteiger partial charge < -0.3 is 15.8 Å². The van der Waals surface area contributed by atoms with Crippen LogP contribution in [0.1, 0.15) is 43.6 Å². The molecule has 10 nitrogen and oxygen atoms in total. The fraction of sp³-hybridized carbons (Fsp3) is 0.370. The molecule has 0 bridgehead atoms. The molecule has 4 N–H and O–H groups in total. The summed E-state index contributed by atoms with van der Waals surface area (Å²) in [5.41, 5.74) is 4.39. The van der Waals surface area contributed by atoms with Gasteiger partial charge in [-0.05, 0) is 59.4 Å². The number of carbonyl (C=O) groups is 3. The van der Waals surface area contributed by atoms with E-state index in [9.17, 15) is 19.2 Å². The molecular formula is C27H32Cl2N5O5S+. The normalized spacial score (nSPS) is 13.4. The van der Waals surface area contributed by atoms with Gasteiger partial charge in [0.1, 0.15) is 6.04 Å². The fourth-order valence-corrected chi connectivity index (χ4v) is 4.67. The van der Waals surface area contributed by atoms with Crippen LogP contribution in [0.3, 0.4) is 0 Å². The SMILES string of the molecule is CC(C)[C@H]([NH3+])C(=O)N[C@H](C(=O)OCn1c(=NC(=O)c2ccc(Cl)cc2)sn(Cc2ccc(Cl)cc2)c1=O)C(C)C. The van der Waals surface area contributed by atoms with Crippen molar-refractivity contribution >= 4 is 52.5 Å². The number of amides is 2. The van der Waals surface area contributed by atoms with Gasteiger partial charge >= 0.3 is 11.7 Å². The maximum Gasteiger partial charge on any atom is 0.342 e. The molecule has 0 spiro atoms. The van der Waals surface area contributed by atoms with Crippen LogP contribution in [0, 0.1) is 11.8 Å². The summed E-state index contributed by atoms with van der Waals surface area (Å²) in [4.78, 5) is 55.9. The number of quaternary nitrogens is 1. The zero-order chi connectivity index (χ0) is 29.6. The van der Waals surface area contributed by atoms with Gasteiger partial charge in [-0.3, -0.25) is 9.59 Å². The Labute approximate surface area is 245 Å². The Morgan fingerprint density at radius 2 is 1.55 bits per heavy atom. The van der Waals surface area contributed by atoms with Gasteiger partial charge in [0.25, 0.3) is 11.8 Å². The van der Waals surface area contributed by atoms with Crippen molar-refractivity contribution < 1.29 is 24.9 Å². The third-order valence-corrected chi connectivity index (χ3v) is 7.58. The van der Waals surface area contributed by atoms with Crippen molar-refractivity contribution in [3.63, 3.8) is 0 Å². The van der Waals surface area contributed by atoms with Crippen LogP contribution < -0.4 is 21.5 Å². The average molecular weight is 610 g/mol. The molecule has 0 aliphatic carbocycles. The maximum atomic E-state index is 13.3. The van der Waals surface area contributed by atoms with E-state index in [2.05, 4.69) is 16.0 Å². The number of hydrogen-bond acceptors (Lipinski definition) is 6. The molecule has 0 unspecified atom stereocenters. The van der Waals surface area contributed by atoms with Crippen LogP contribution in [-0.4, -0.2) is 38.4 Å². The zero-order valence-corrected chi connectivity index (χ0v) is 24.9. The van der Waals surface area contributed by atoms with Crippen molar-refractivity contribution in [3.8, 4) is 0 Å². The molecule has 3 aromatic rings. The maximum absolute atomic E-state index is 13.3. The third kappa shape index (κ3) is 8.14. The van der Waals surface area contributed by atoms with Crippen LogP contribution in [0.4, 0.5) is 0 Å². The van der Waals surface area contributed by atoms with E-state index in [4.69, 9.17) is 27.9 Å². The van der Waals surface area contributed by atoms with E-state index >= 15 is 0 Å². The second kappa shape index (κ2) is 13.9. The quantitative estimate of drug-likeness (QED) is 0.341. The number of aromatic nitrogens is 2. The number of hydrogen-bond donors (Lipinski definition) is 2. The highest BCUT2D eigenvalue weighted by Crippen LogP contribution is 2.12. The van der Waals surface area contributed by atoms with Crippen LogP contribution in [0.5, 0.6) is 0 Å². The van der Waals surface area contributed by atoms with Gasteiger partial charge in [0.05, 0.1) is 6.54 Å². The summed E-state index contributed by atoms with van der Waals surface area (Å²) in [7, 11) is 0. The molecule has 1 heterocycles. The molecule has 2 atom stereocenters. The van der Waals surface area contributed by atoms with E-state index in [1.54, 1.807) is 50.2 Å². The number of benzene rings is 2. The Balaban J connectivity index is 1.92. The van der Waals surface area contributed by atoms with Crippen molar-refractivity contribution in [2.45, 2.75) is 53.1 Å². The van der Waals surface area contributed by atoms with Crippen LogP contribution >= 0.6 is 34.7 Å². The molecule has 2 amide bonds. The highest BCUT2D eigenvalue weighted by Gasteiger charge is 2.30. The first-order valence-electron chi connectivity index (χ1n) is 12.6. The minimum atomic E-state index is -0.956. The monoisotopic (exact) mass is 608 g/mol. The number of nitrogens with zero attached hydrogens (tertiary/aromatic N) is 3. The number of halogens is 2. The van der Waals surface area contributed by atoms with Gasteiger partial charge in [-0.15, -0.1) is 0 Å². The molecule has 1 aromatic heterocycles. The number of ether oxygens (including phenoxy) is 1. The predicted octanol–water partition coefficient (Wildman–Crippen LogP) is 2.72. The Hall–Kier alpha value is -3.25. The molecule has 13 heteroatoms.